The average Bonchev–Trinajstić information content (AvgIpc) is 3.04. The Morgan fingerprint density at radius 2 is 1.96 bits per heavy atom. The first-order chi connectivity index (χ1) is 12.2. The van der Waals surface area contributed by atoms with Crippen LogP contribution in [0.2, 0.25) is 0 Å². The van der Waals surface area contributed by atoms with E-state index in [2.05, 4.69) is 82.0 Å². The van der Waals surface area contributed by atoms with Crippen molar-refractivity contribution < 1.29 is 0 Å². The van der Waals surface area contributed by atoms with Crippen LogP contribution in [0.3, 0.4) is 0 Å². The molecule has 2 N–H and O–H groups in total. The number of nitrogens with zero attached hydrogens (tertiary/aromatic N) is 4. The fraction of sp³-hybridized carbons (Fsp3) is 0.316. The van der Waals surface area contributed by atoms with Gasteiger partial charge < -0.3 is 10.6 Å². The van der Waals surface area contributed by atoms with E-state index in [0.717, 1.165) is 18.3 Å². The van der Waals surface area contributed by atoms with Gasteiger partial charge in [-0.05, 0) is 36.2 Å². The minimum absolute atomic E-state index is 0. The number of nitrogens with one attached hydrogen (secondary N) is 2. The molecule has 26 heavy (non-hydrogen) atoms. The summed E-state index contributed by atoms with van der Waals surface area (Å²) in [4.78, 5) is 8.82. The van der Waals surface area contributed by atoms with Crippen LogP contribution >= 0.6 is 24.0 Å². The van der Waals surface area contributed by atoms with Crippen LogP contribution in [-0.4, -0.2) is 27.3 Å². The molecule has 0 saturated heterocycles. The zero-order valence-corrected chi connectivity index (χ0v) is 17.6. The van der Waals surface area contributed by atoms with E-state index in [0.29, 0.717) is 6.54 Å². The maximum atomic E-state index is 4.62. The minimum atomic E-state index is 0. The van der Waals surface area contributed by atoms with E-state index in [1.54, 1.807) is 11.0 Å². The number of halogens is 1. The molecule has 0 bridgehead atoms. The third-order valence-corrected chi connectivity index (χ3v) is 4.15. The van der Waals surface area contributed by atoms with Gasteiger partial charge in [-0.1, -0.05) is 36.4 Å². The van der Waals surface area contributed by atoms with Crippen LogP contribution in [0.25, 0.3) is 10.8 Å². The van der Waals surface area contributed by atoms with E-state index in [1.807, 2.05) is 7.05 Å². The minimum Gasteiger partial charge on any atom is -0.357 e. The van der Waals surface area contributed by atoms with E-state index >= 15 is 0 Å². The van der Waals surface area contributed by atoms with Crippen molar-refractivity contribution in [1.29, 1.82) is 0 Å². The SMILES string of the molecule is CCNC(=NCc1ncnn1C)NC(C)c1ccc2ccccc2c1.I. The number of aryl methyl sites for hydroxylation is 1. The summed E-state index contributed by atoms with van der Waals surface area (Å²) in [7, 11) is 1.87. The molecule has 0 radical (unpaired) electrons. The Balaban J connectivity index is 0.00000243. The fourth-order valence-corrected chi connectivity index (χ4v) is 2.70. The van der Waals surface area contributed by atoms with Crippen LogP contribution < -0.4 is 10.6 Å². The molecule has 0 spiro atoms. The van der Waals surface area contributed by atoms with Crippen LogP contribution in [0.1, 0.15) is 31.3 Å². The van der Waals surface area contributed by atoms with E-state index in [1.165, 1.54) is 16.3 Å². The predicted octanol–water partition coefficient (Wildman–Crippen LogP) is 3.40. The van der Waals surface area contributed by atoms with Crippen molar-refractivity contribution in [2.75, 3.05) is 6.54 Å². The number of fused-ring (bicyclic) bond motifs is 1. The average molecular weight is 464 g/mol. The lowest BCUT2D eigenvalue weighted by Crippen LogP contribution is -2.38. The van der Waals surface area contributed by atoms with Gasteiger partial charge in [0.15, 0.2) is 5.96 Å². The molecule has 1 atom stereocenters. The summed E-state index contributed by atoms with van der Waals surface area (Å²) in [6, 6.07) is 15.1. The highest BCUT2D eigenvalue weighted by Gasteiger charge is 2.09. The molecule has 3 aromatic rings. The Bertz CT molecular complexity index is 873. The van der Waals surface area contributed by atoms with E-state index in [9.17, 15) is 0 Å². The van der Waals surface area contributed by atoms with Gasteiger partial charge >= 0.3 is 0 Å². The van der Waals surface area contributed by atoms with Crippen LogP contribution in [0.4, 0.5) is 0 Å². The number of guanidine groups is 1. The van der Waals surface area contributed by atoms with Crippen molar-refractivity contribution in [3.8, 4) is 0 Å². The summed E-state index contributed by atoms with van der Waals surface area (Å²) in [6.07, 6.45) is 1.54. The number of hydrogen-bond donors (Lipinski definition) is 2. The second-order valence-corrected chi connectivity index (χ2v) is 5.97. The van der Waals surface area contributed by atoms with Gasteiger partial charge in [0.1, 0.15) is 18.7 Å². The fourth-order valence-electron chi connectivity index (χ4n) is 2.70. The summed E-state index contributed by atoms with van der Waals surface area (Å²) >= 11 is 0. The zero-order chi connectivity index (χ0) is 17.6. The first-order valence-electron chi connectivity index (χ1n) is 8.53. The van der Waals surface area contributed by atoms with Crippen LogP contribution in [0.15, 0.2) is 53.8 Å². The molecular formula is C19H25IN6. The van der Waals surface area contributed by atoms with Crippen molar-refractivity contribution in [3.05, 3.63) is 60.2 Å². The first-order valence-corrected chi connectivity index (χ1v) is 8.53. The number of hydrogen-bond acceptors (Lipinski definition) is 3. The van der Waals surface area contributed by atoms with Crippen molar-refractivity contribution in [2.45, 2.75) is 26.4 Å². The van der Waals surface area contributed by atoms with E-state index in [4.69, 9.17) is 0 Å². The third kappa shape index (κ3) is 4.94. The maximum absolute atomic E-state index is 4.62. The topological polar surface area (TPSA) is 67.1 Å². The molecule has 1 unspecified atom stereocenters. The van der Waals surface area contributed by atoms with Gasteiger partial charge in [-0.25, -0.2) is 9.98 Å². The molecule has 6 nitrogen and oxygen atoms in total. The quantitative estimate of drug-likeness (QED) is 0.345. The Hall–Kier alpha value is -2.16. The Kier molecular flexibility index (Phi) is 7.38. The summed E-state index contributed by atoms with van der Waals surface area (Å²) in [5, 5.41) is 13.3. The van der Waals surface area contributed by atoms with E-state index in [-0.39, 0.29) is 30.0 Å². The Morgan fingerprint density at radius 1 is 1.19 bits per heavy atom. The number of aromatic nitrogens is 3. The van der Waals surface area contributed by atoms with Gasteiger partial charge in [-0.2, -0.15) is 5.10 Å². The number of aliphatic imine (C=N–C) groups is 1. The third-order valence-electron chi connectivity index (χ3n) is 4.15. The molecule has 3 rings (SSSR count). The molecule has 1 heterocycles. The monoisotopic (exact) mass is 464 g/mol. The number of benzene rings is 2. The summed E-state index contributed by atoms with van der Waals surface area (Å²) < 4.78 is 1.74. The van der Waals surface area contributed by atoms with Crippen LogP contribution in [0.5, 0.6) is 0 Å². The van der Waals surface area contributed by atoms with E-state index < -0.39 is 0 Å². The Labute approximate surface area is 171 Å². The molecule has 0 aliphatic carbocycles. The van der Waals surface area contributed by atoms with Crippen molar-refractivity contribution in [3.63, 3.8) is 0 Å². The van der Waals surface area contributed by atoms with Crippen molar-refractivity contribution >= 4 is 40.7 Å². The molecule has 2 aromatic carbocycles. The van der Waals surface area contributed by atoms with Gasteiger partial charge in [0.2, 0.25) is 0 Å². The summed E-state index contributed by atoms with van der Waals surface area (Å²) in [5.74, 6) is 1.60. The number of rotatable bonds is 5. The second-order valence-electron chi connectivity index (χ2n) is 5.97. The lowest BCUT2D eigenvalue weighted by atomic mass is 10.0. The molecule has 0 fully saturated rings. The molecule has 0 aliphatic rings. The lowest BCUT2D eigenvalue weighted by Gasteiger charge is -2.18. The summed E-state index contributed by atoms with van der Waals surface area (Å²) in [6.45, 7) is 5.48. The second kappa shape index (κ2) is 9.51. The van der Waals surface area contributed by atoms with Crippen LogP contribution in [0, 0.1) is 0 Å². The van der Waals surface area contributed by atoms with Crippen molar-refractivity contribution in [2.24, 2.45) is 12.0 Å². The Morgan fingerprint density at radius 3 is 2.65 bits per heavy atom. The lowest BCUT2D eigenvalue weighted by molar-refractivity contribution is 0.673. The smallest absolute Gasteiger partial charge is 0.192 e. The van der Waals surface area contributed by atoms with Crippen molar-refractivity contribution in [1.82, 2.24) is 25.4 Å². The van der Waals surface area contributed by atoms with Gasteiger partial charge in [0.25, 0.3) is 0 Å². The molecular weight excluding hydrogens is 439 g/mol. The molecule has 0 aliphatic heterocycles. The normalized spacial score (nSPS) is 12.5. The highest BCUT2D eigenvalue weighted by atomic mass is 127. The van der Waals surface area contributed by atoms with Crippen LogP contribution in [-0.2, 0) is 13.6 Å². The standard InChI is InChI=1S/C19H24N6.HI/c1-4-20-19(21-12-18-22-13-23-25(18)3)24-14(2)16-10-9-15-7-5-6-8-17(15)11-16;/h5-11,13-14H,4,12H2,1-3H3,(H2,20,21,24);1H. The zero-order valence-electron chi connectivity index (χ0n) is 15.3. The predicted molar refractivity (Wildman–Crippen MR) is 117 cm³/mol. The summed E-state index contributed by atoms with van der Waals surface area (Å²) in [5.41, 5.74) is 1.22. The van der Waals surface area contributed by atoms with Gasteiger partial charge in [-0.3, -0.25) is 4.68 Å². The molecule has 0 saturated carbocycles. The first kappa shape index (κ1) is 20.2. The van der Waals surface area contributed by atoms with Gasteiger partial charge in [-0.15, -0.1) is 24.0 Å². The highest BCUT2D eigenvalue weighted by Crippen LogP contribution is 2.20. The van der Waals surface area contributed by atoms with Gasteiger partial charge in [0.05, 0.1) is 6.04 Å². The molecule has 138 valence electrons. The largest absolute Gasteiger partial charge is 0.357 e. The maximum Gasteiger partial charge on any atom is 0.192 e. The van der Waals surface area contributed by atoms with Gasteiger partial charge in [0, 0.05) is 13.6 Å². The molecule has 1 aromatic heterocycles. The molecule has 7 heteroatoms. The highest BCUT2D eigenvalue weighted by molar-refractivity contribution is 14.0. The molecule has 0 amide bonds.